The Balaban J connectivity index is 1.71. The van der Waals surface area contributed by atoms with Gasteiger partial charge in [-0.25, -0.2) is 13.3 Å². The van der Waals surface area contributed by atoms with Crippen LogP contribution in [0.2, 0.25) is 0 Å². The summed E-state index contributed by atoms with van der Waals surface area (Å²) >= 11 is 0. The molecule has 1 atom stereocenters. The van der Waals surface area contributed by atoms with E-state index >= 15 is 0 Å². The number of nitrogens with one attached hydrogen (secondary N) is 1. The number of amides is 1. The lowest BCUT2D eigenvalue weighted by atomic mass is 10.0. The third-order valence-electron chi connectivity index (χ3n) is 5.14. The number of carbonyl (C=O) groups is 1. The Morgan fingerprint density at radius 2 is 2.00 bits per heavy atom. The van der Waals surface area contributed by atoms with Gasteiger partial charge in [0, 0.05) is 29.5 Å². The molecule has 1 unspecified atom stereocenters. The number of nitrogens with zero attached hydrogens (tertiary/aromatic N) is 3. The van der Waals surface area contributed by atoms with Crippen LogP contribution in [-0.4, -0.2) is 27.6 Å². The molecular weight excluding hydrogens is 374 g/mol. The summed E-state index contributed by atoms with van der Waals surface area (Å²) in [4.78, 5) is 14.7. The highest BCUT2D eigenvalue weighted by Gasteiger charge is 2.29. The molecule has 1 saturated heterocycles. The predicted molar refractivity (Wildman–Crippen MR) is 108 cm³/mol. The lowest BCUT2D eigenvalue weighted by Crippen LogP contribution is -2.40. The molecule has 152 valence electrons. The molecule has 0 bridgehead atoms. The number of halogens is 2. The number of pyridine rings is 1. The summed E-state index contributed by atoms with van der Waals surface area (Å²) in [6, 6.07) is 7.12. The highest BCUT2D eigenvalue weighted by molar-refractivity contribution is 6.01. The second-order valence-electron chi connectivity index (χ2n) is 8.49. The first-order chi connectivity index (χ1) is 13.7. The molecule has 1 fully saturated rings. The van der Waals surface area contributed by atoms with Crippen LogP contribution in [0, 0.1) is 11.6 Å². The van der Waals surface area contributed by atoms with Crippen LogP contribution in [0.15, 0.2) is 42.7 Å². The zero-order chi connectivity index (χ0) is 20.8. The highest BCUT2D eigenvalue weighted by Crippen LogP contribution is 2.38. The fraction of sp³-hybridized carbons (Fsp3) is 0.364. The molecular formula is C22H24F2N4O. The van der Waals surface area contributed by atoms with Crippen molar-refractivity contribution in [3.05, 3.63) is 65.5 Å². The molecule has 4 rings (SSSR count). The van der Waals surface area contributed by atoms with Gasteiger partial charge in [-0.1, -0.05) is 0 Å². The van der Waals surface area contributed by atoms with Gasteiger partial charge >= 0.3 is 0 Å². The molecule has 1 aliphatic rings. The second-order valence-corrected chi connectivity index (χ2v) is 8.49. The number of benzene rings is 1. The second kappa shape index (κ2) is 7.13. The maximum absolute atomic E-state index is 14.4. The van der Waals surface area contributed by atoms with E-state index in [2.05, 4.69) is 15.3 Å². The van der Waals surface area contributed by atoms with Crippen LogP contribution in [0.4, 0.5) is 14.5 Å². The summed E-state index contributed by atoms with van der Waals surface area (Å²) in [6.45, 7) is 6.49. The lowest BCUT2D eigenvalue weighted by Gasteiger charge is -2.27. The van der Waals surface area contributed by atoms with Crippen LogP contribution in [0.25, 0.3) is 5.52 Å². The van der Waals surface area contributed by atoms with Crippen LogP contribution in [0.5, 0.6) is 0 Å². The minimum Gasteiger partial charge on any atom is -0.364 e. The molecule has 2 aromatic heterocycles. The summed E-state index contributed by atoms with van der Waals surface area (Å²) in [5.74, 6) is -1.04. The summed E-state index contributed by atoms with van der Waals surface area (Å²) in [5, 5.41) is 7.22. The van der Waals surface area contributed by atoms with Gasteiger partial charge in [0.25, 0.3) is 5.91 Å². The predicted octanol–water partition coefficient (Wildman–Crippen LogP) is 4.48. The first-order valence-corrected chi connectivity index (χ1v) is 9.74. The zero-order valence-corrected chi connectivity index (χ0v) is 16.7. The van der Waals surface area contributed by atoms with Gasteiger partial charge in [0.05, 0.1) is 23.3 Å². The number of hydrogen-bond donors (Lipinski definition) is 1. The smallest absolute Gasteiger partial charge is 0.255 e. The van der Waals surface area contributed by atoms with E-state index in [0.29, 0.717) is 16.6 Å². The van der Waals surface area contributed by atoms with E-state index in [1.54, 1.807) is 16.9 Å². The van der Waals surface area contributed by atoms with E-state index < -0.39 is 11.6 Å². The zero-order valence-electron chi connectivity index (χ0n) is 16.7. The largest absolute Gasteiger partial charge is 0.364 e. The van der Waals surface area contributed by atoms with E-state index in [0.717, 1.165) is 31.1 Å². The van der Waals surface area contributed by atoms with Gasteiger partial charge in [-0.2, -0.15) is 5.10 Å². The minimum absolute atomic E-state index is 0.196. The van der Waals surface area contributed by atoms with Crippen molar-refractivity contribution in [2.45, 2.75) is 45.2 Å². The third-order valence-corrected chi connectivity index (χ3v) is 5.14. The van der Waals surface area contributed by atoms with Crippen LogP contribution in [0.1, 0.15) is 55.6 Å². The van der Waals surface area contributed by atoms with Gasteiger partial charge in [0.15, 0.2) is 0 Å². The van der Waals surface area contributed by atoms with Gasteiger partial charge < -0.3 is 10.2 Å². The van der Waals surface area contributed by atoms with E-state index in [1.165, 1.54) is 12.1 Å². The normalized spacial score (nSPS) is 17.1. The average molecular weight is 398 g/mol. The van der Waals surface area contributed by atoms with Crippen molar-refractivity contribution in [2.75, 3.05) is 11.4 Å². The number of carbonyl (C=O) groups excluding carboxylic acids is 1. The van der Waals surface area contributed by atoms with Crippen LogP contribution in [-0.2, 0) is 0 Å². The Labute approximate surface area is 168 Å². The molecule has 3 heterocycles. The van der Waals surface area contributed by atoms with Gasteiger partial charge in [-0.3, -0.25) is 4.79 Å². The van der Waals surface area contributed by atoms with E-state index in [4.69, 9.17) is 0 Å². The molecule has 3 aromatic rings. The van der Waals surface area contributed by atoms with E-state index in [9.17, 15) is 13.6 Å². The number of rotatable bonds is 3. The summed E-state index contributed by atoms with van der Waals surface area (Å²) in [5.41, 5.74) is 2.01. The number of fused-ring (bicyclic) bond motifs is 1. The first kappa shape index (κ1) is 19.4. The average Bonchev–Trinajstić information content (AvgIpc) is 3.28. The lowest BCUT2D eigenvalue weighted by molar-refractivity contribution is 0.0921. The van der Waals surface area contributed by atoms with Crippen molar-refractivity contribution in [3.8, 4) is 0 Å². The van der Waals surface area contributed by atoms with Gasteiger partial charge in [0.2, 0.25) is 0 Å². The standard InChI is InChI=1S/C22H24F2N4O/c1-22(2,3)26-21(29)17-13-25-28-10-8-15(12-20(17)28)27-9-4-5-19(27)16-11-14(23)6-7-18(16)24/h6-8,10-13,19H,4-5,9H2,1-3H3,(H,26,29). The molecule has 1 amide bonds. The van der Waals surface area contributed by atoms with E-state index in [1.807, 2.05) is 32.9 Å². The van der Waals surface area contributed by atoms with Crippen LogP contribution >= 0.6 is 0 Å². The molecule has 0 radical (unpaired) electrons. The van der Waals surface area contributed by atoms with E-state index in [-0.39, 0.29) is 17.5 Å². The molecule has 5 nitrogen and oxygen atoms in total. The maximum atomic E-state index is 14.4. The molecule has 1 aliphatic heterocycles. The molecule has 0 spiro atoms. The number of hydrogen-bond acceptors (Lipinski definition) is 3. The molecule has 1 N–H and O–H groups in total. The molecule has 0 aliphatic carbocycles. The van der Waals surface area contributed by atoms with Crippen molar-refractivity contribution >= 4 is 17.1 Å². The Morgan fingerprint density at radius 1 is 1.21 bits per heavy atom. The van der Waals surface area contributed by atoms with Gasteiger partial charge in [0.1, 0.15) is 11.6 Å². The van der Waals surface area contributed by atoms with Crippen LogP contribution < -0.4 is 10.2 Å². The van der Waals surface area contributed by atoms with Crippen molar-refractivity contribution in [3.63, 3.8) is 0 Å². The fourth-order valence-electron chi connectivity index (χ4n) is 3.90. The Kier molecular flexibility index (Phi) is 4.76. The van der Waals surface area contributed by atoms with Gasteiger partial charge in [-0.15, -0.1) is 0 Å². The van der Waals surface area contributed by atoms with Gasteiger partial charge in [-0.05, 0) is 63.9 Å². The molecule has 1 aromatic carbocycles. The van der Waals surface area contributed by atoms with Crippen molar-refractivity contribution in [2.24, 2.45) is 0 Å². The number of aromatic nitrogens is 2. The maximum Gasteiger partial charge on any atom is 0.255 e. The topological polar surface area (TPSA) is 49.6 Å². The molecule has 29 heavy (non-hydrogen) atoms. The Morgan fingerprint density at radius 3 is 2.76 bits per heavy atom. The summed E-state index contributed by atoms with van der Waals surface area (Å²) < 4.78 is 29.8. The van der Waals surface area contributed by atoms with Crippen molar-refractivity contribution in [1.82, 2.24) is 14.9 Å². The quantitative estimate of drug-likeness (QED) is 0.708. The molecule has 7 heteroatoms. The third kappa shape index (κ3) is 3.81. The highest BCUT2D eigenvalue weighted by atomic mass is 19.1. The monoisotopic (exact) mass is 398 g/mol. The Bertz CT molecular complexity index is 1070. The summed E-state index contributed by atoms with van der Waals surface area (Å²) in [6.07, 6.45) is 4.95. The molecule has 0 saturated carbocycles. The Hall–Kier alpha value is -2.96. The van der Waals surface area contributed by atoms with Crippen molar-refractivity contribution in [1.29, 1.82) is 0 Å². The minimum atomic E-state index is -0.444. The first-order valence-electron chi connectivity index (χ1n) is 9.74. The van der Waals surface area contributed by atoms with Crippen molar-refractivity contribution < 1.29 is 13.6 Å². The summed E-state index contributed by atoms with van der Waals surface area (Å²) in [7, 11) is 0. The van der Waals surface area contributed by atoms with Crippen LogP contribution in [0.3, 0.4) is 0 Å². The fourth-order valence-corrected chi connectivity index (χ4v) is 3.90. The SMILES string of the molecule is CC(C)(C)NC(=O)c1cnn2ccc(N3CCCC3c3cc(F)ccc3F)cc12. The number of anilines is 1.